The molecule has 0 aromatic heterocycles. The van der Waals surface area contributed by atoms with Gasteiger partial charge in [-0.15, -0.1) is 0 Å². The summed E-state index contributed by atoms with van der Waals surface area (Å²) in [5.41, 5.74) is 6.56. The summed E-state index contributed by atoms with van der Waals surface area (Å²) >= 11 is 0. The molecule has 0 radical (unpaired) electrons. The molecule has 98 valence electrons. The second-order valence-corrected chi connectivity index (χ2v) is 3.67. The molecule has 0 saturated carbocycles. The zero-order valence-electron chi connectivity index (χ0n) is 10.2. The van der Waals surface area contributed by atoms with Crippen LogP contribution < -0.4 is 11.1 Å². The van der Waals surface area contributed by atoms with E-state index >= 15 is 0 Å². The van der Waals surface area contributed by atoms with E-state index in [1.165, 1.54) is 0 Å². The fourth-order valence-electron chi connectivity index (χ4n) is 1.32. The predicted octanol–water partition coefficient (Wildman–Crippen LogP) is 1.15. The summed E-state index contributed by atoms with van der Waals surface area (Å²) < 4.78 is 5.12. The van der Waals surface area contributed by atoms with Crippen LogP contribution in [-0.2, 0) is 9.53 Å². The number of rotatable bonds is 6. The van der Waals surface area contributed by atoms with Gasteiger partial charge in [0, 0.05) is 17.9 Å². The number of oxime groups is 1. The quantitative estimate of drug-likeness (QED) is 0.232. The summed E-state index contributed by atoms with van der Waals surface area (Å²) in [6.45, 7) is 2.54. The third-order valence-electron chi connectivity index (χ3n) is 2.13. The summed E-state index contributed by atoms with van der Waals surface area (Å²) in [5.74, 6) is -0.242. The first-order valence-electron chi connectivity index (χ1n) is 5.63. The molecule has 0 aliphatic rings. The predicted molar refractivity (Wildman–Crippen MR) is 68.7 cm³/mol. The molecule has 0 saturated heterocycles. The van der Waals surface area contributed by atoms with Crippen molar-refractivity contribution in [1.29, 1.82) is 0 Å². The summed E-state index contributed by atoms with van der Waals surface area (Å²) in [6.07, 6.45) is 0.867. The number of anilines is 1. The van der Waals surface area contributed by atoms with Crippen LogP contribution in [0.5, 0.6) is 0 Å². The standard InChI is InChI=1S/C12H17N3O3/c1-2-6-18-8-11(16)14-10-5-3-4-9(7-10)12(13)15-17/h3-5,7,17H,2,6,8H2,1H3,(H2,13,15)(H,14,16). The van der Waals surface area contributed by atoms with Crippen LogP contribution in [0.15, 0.2) is 29.4 Å². The largest absolute Gasteiger partial charge is 0.409 e. The van der Waals surface area contributed by atoms with Crippen LogP contribution in [0.2, 0.25) is 0 Å². The van der Waals surface area contributed by atoms with Crippen molar-refractivity contribution in [2.24, 2.45) is 10.9 Å². The van der Waals surface area contributed by atoms with E-state index in [2.05, 4.69) is 10.5 Å². The molecule has 0 spiro atoms. The second-order valence-electron chi connectivity index (χ2n) is 3.67. The minimum Gasteiger partial charge on any atom is -0.409 e. The van der Waals surface area contributed by atoms with Crippen molar-refractivity contribution in [3.8, 4) is 0 Å². The Labute approximate surface area is 105 Å². The highest BCUT2D eigenvalue weighted by molar-refractivity contribution is 5.99. The highest BCUT2D eigenvalue weighted by atomic mass is 16.5. The molecule has 0 fully saturated rings. The molecule has 0 atom stereocenters. The average molecular weight is 251 g/mol. The molecule has 4 N–H and O–H groups in total. The lowest BCUT2D eigenvalue weighted by Crippen LogP contribution is -2.19. The number of hydrogen-bond acceptors (Lipinski definition) is 4. The number of ether oxygens (including phenoxy) is 1. The van der Waals surface area contributed by atoms with Crippen molar-refractivity contribution >= 4 is 17.4 Å². The Morgan fingerprint density at radius 3 is 3.00 bits per heavy atom. The summed E-state index contributed by atoms with van der Waals surface area (Å²) in [4.78, 5) is 11.5. The van der Waals surface area contributed by atoms with Crippen molar-refractivity contribution in [2.45, 2.75) is 13.3 Å². The number of carbonyl (C=O) groups is 1. The SMILES string of the molecule is CCCOCC(=O)Nc1cccc(/C(N)=N/O)c1. The third-order valence-corrected chi connectivity index (χ3v) is 2.13. The van der Waals surface area contributed by atoms with E-state index in [-0.39, 0.29) is 18.3 Å². The normalized spacial score (nSPS) is 11.3. The zero-order chi connectivity index (χ0) is 13.4. The molecular weight excluding hydrogens is 234 g/mol. The van der Waals surface area contributed by atoms with Gasteiger partial charge in [-0.25, -0.2) is 0 Å². The van der Waals surface area contributed by atoms with Crippen LogP contribution in [0.4, 0.5) is 5.69 Å². The van der Waals surface area contributed by atoms with Gasteiger partial charge in [-0.3, -0.25) is 4.79 Å². The number of nitrogens with zero attached hydrogens (tertiary/aromatic N) is 1. The summed E-state index contributed by atoms with van der Waals surface area (Å²) in [7, 11) is 0. The van der Waals surface area contributed by atoms with Crippen molar-refractivity contribution in [2.75, 3.05) is 18.5 Å². The molecule has 1 aromatic carbocycles. The van der Waals surface area contributed by atoms with Gasteiger partial charge in [0.05, 0.1) is 0 Å². The van der Waals surface area contributed by atoms with Gasteiger partial charge in [-0.2, -0.15) is 0 Å². The highest BCUT2D eigenvalue weighted by Crippen LogP contribution is 2.10. The Morgan fingerprint density at radius 2 is 2.33 bits per heavy atom. The topological polar surface area (TPSA) is 96.9 Å². The van der Waals surface area contributed by atoms with E-state index in [1.807, 2.05) is 6.92 Å². The van der Waals surface area contributed by atoms with Gasteiger partial charge in [-0.05, 0) is 18.6 Å². The molecule has 6 nitrogen and oxygen atoms in total. The van der Waals surface area contributed by atoms with Gasteiger partial charge in [0.15, 0.2) is 5.84 Å². The Balaban J connectivity index is 2.59. The lowest BCUT2D eigenvalue weighted by Gasteiger charge is -2.07. The zero-order valence-corrected chi connectivity index (χ0v) is 10.2. The highest BCUT2D eigenvalue weighted by Gasteiger charge is 2.04. The molecule has 0 aliphatic carbocycles. The first-order valence-corrected chi connectivity index (χ1v) is 5.63. The fraction of sp³-hybridized carbons (Fsp3) is 0.333. The van der Waals surface area contributed by atoms with Crippen LogP contribution in [0.3, 0.4) is 0 Å². The van der Waals surface area contributed by atoms with E-state index in [0.29, 0.717) is 17.9 Å². The maximum atomic E-state index is 11.5. The molecule has 0 bridgehead atoms. The Morgan fingerprint density at radius 1 is 1.56 bits per heavy atom. The van der Waals surface area contributed by atoms with E-state index in [1.54, 1.807) is 24.3 Å². The van der Waals surface area contributed by atoms with Gasteiger partial charge in [0.25, 0.3) is 0 Å². The van der Waals surface area contributed by atoms with E-state index in [0.717, 1.165) is 6.42 Å². The summed E-state index contributed by atoms with van der Waals surface area (Å²) in [6, 6.07) is 6.72. The van der Waals surface area contributed by atoms with Gasteiger partial charge in [0.2, 0.25) is 5.91 Å². The van der Waals surface area contributed by atoms with E-state index in [9.17, 15) is 4.79 Å². The first-order chi connectivity index (χ1) is 8.67. The van der Waals surface area contributed by atoms with E-state index in [4.69, 9.17) is 15.7 Å². The number of carbonyl (C=O) groups excluding carboxylic acids is 1. The smallest absolute Gasteiger partial charge is 0.250 e. The number of nitrogens with one attached hydrogen (secondary N) is 1. The molecule has 0 heterocycles. The Kier molecular flexibility index (Phi) is 5.66. The number of benzene rings is 1. The van der Waals surface area contributed by atoms with Crippen LogP contribution in [0, 0.1) is 0 Å². The molecule has 0 aliphatic heterocycles. The van der Waals surface area contributed by atoms with Crippen molar-refractivity contribution < 1.29 is 14.7 Å². The molecular formula is C12H17N3O3. The molecule has 6 heteroatoms. The minimum atomic E-state index is -0.236. The molecule has 1 aromatic rings. The number of hydrogen-bond donors (Lipinski definition) is 3. The minimum absolute atomic E-state index is 0.00617. The number of amides is 1. The second kappa shape index (κ2) is 7.29. The van der Waals surface area contributed by atoms with Crippen molar-refractivity contribution in [3.63, 3.8) is 0 Å². The Bertz CT molecular complexity index is 432. The molecule has 1 amide bonds. The average Bonchev–Trinajstić information content (AvgIpc) is 2.38. The monoisotopic (exact) mass is 251 g/mol. The van der Waals surface area contributed by atoms with Crippen LogP contribution >= 0.6 is 0 Å². The lowest BCUT2D eigenvalue weighted by atomic mass is 10.2. The number of amidine groups is 1. The molecule has 1 rings (SSSR count). The van der Waals surface area contributed by atoms with Gasteiger partial charge in [-0.1, -0.05) is 24.2 Å². The third kappa shape index (κ3) is 4.42. The van der Waals surface area contributed by atoms with Crippen molar-refractivity contribution in [3.05, 3.63) is 29.8 Å². The maximum Gasteiger partial charge on any atom is 0.250 e. The van der Waals surface area contributed by atoms with Crippen LogP contribution in [-0.4, -0.2) is 30.2 Å². The van der Waals surface area contributed by atoms with Crippen molar-refractivity contribution in [1.82, 2.24) is 0 Å². The molecule has 0 unspecified atom stereocenters. The van der Waals surface area contributed by atoms with E-state index < -0.39 is 0 Å². The Hall–Kier alpha value is -2.08. The van der Waals surface area contributed by atoms with Gasteiger partial charge < -0.3 is 21.0 Å². The van der Waals surface area contributed by atoms with Crippen LogP contribution in [0.1, 0.15) is 18.9 Å². The molecule has 18 heavy (non-hydrogen) atoms. The summed E-state index contributed by atoms with van der Waals surface area (Å²) in [5, 5.41) is 14.1. The van der Waals surface area contributed by atoms with Gasteiger partial charge in [0.1, 0.15) is 6.61 Å². The maximum absolute atomic E-state index is 11.5. The number of nitrogens with two attached hydrogens (primary N) is 1. The lowest BCUT2D eigenvalue weighted by molar-refractivity contribution is -0.120. The fourth-order valence-corrected chi connectivity index (χ4v) is 1.32. The van der Waals surface area contributed by atoms with Gasteiger partial charge >= 0.3 is 0 Å². The van der Waals surface area contributed by atoms with Crippen LogP contribution in [0.25, 0.3) is 0 Å². The first kappa shape index (κ1) is 14.0.